The maximum Gasteiger partial charge on any atom is 0.0237 e. The average molecular weight is 284 g/mol. The van der Waals surface area contributed by atoms with Crippen molar-refractivity contribution < 1.29 is 0 Å². The van der Waals surface area contributed by atoms with Gasteiger partial charge in [-0.3, -0.25) is 4.90 Å². The molecule has 0 unspecified atom stereocenters. The highest BCUT2D eigenvalue weighted by Crippen LogP contribution is 2.44. The summed E-state index contributed by atoms with van der Waals surface area (Å²) in [5.74, 6) is 2.82. The quantitative estimate of drug-likeness (QED) is 0.841. The van der Waals surface area contributed by atoms with Gasteiger partial charge in [-0.05, 0) is 43.2 Å². The van der Waals surface area contributed by atoms with Crippen molar-refractivity contribution >= 4 is 0 Å². The predicted molar refractivity (Wildman–Crippen MR) is 87.1 cm³/mol. The van der Waals surface area contributed by atoms with Crippen molar-refractivity contribution in [3.63, 3.8) is 0 Å². The van der Waals surface area contributed by atoms with Crippen LogP contribution in [0.3, 0.4) is 0 Å². The standard InChI is InChI=1S/C19H28N2/c1-20-12-17-13-21(11-15-7-3-2-4-8-15)19(18(17)14-20)16-9-5-6-10-16/h2-4,7-8,16-19H,5-6,9-14H2,1H3/t17-,18+,19-/m1/s1. The Kier molecular flexibility index (Phi) is 3.76. The van der Waals surface area contributed by atoms with Gasteiger partial charge in [-0.15, -0.1) is 0 Å². The molecule has 0 bridgehead atoms. The van der Waals surface area contributed by atoms with Crippen LogP contribution in [-0.2, 0) is 6.54 Å². The zero-order valence-electron chi connectivity index (χ0n) is 13.2. The van der Waals surface area contributed by atoms with Gasteiger partial charge in [0.25, 0.3) is 0 Å². The fourth-order valence-corrected chi connectivity index (χ4v) is 5.33. The van der Waals surface area contributed by atoms with E-state index in [1.54, 1.807) is 0 Å². The summed E-state index contributed by atoms with van der Waals surface area (Å²) in [4.78, 5) is 5.41. The van der Waals surface area contributed by atoms with Crippen molar-refractivity contribution in [3.05, 3.63) is 35.9 Å². The summed E-state index contributed by atoms with van der Waals surface area (Å²) in [6.45, 7) is 5.14. The molecule has 2 nitrogen and oxygen atoms in total. The van der Waals surface area contributed by atoms with E-state index in [-0.39, 0.29) is 0 Å². The minimum Gasteiger partial charge on any atom is -0.306 e. The number of likely N-dealkylation sites (tertiary alicyclic amines) is 2. The molecule has 1 aromatic rings. The van der Waals surface area contributed by atoms with Crippen molar-refractivity contribution in [2.24, 2.45) is 17.8 Å². The van der Waals surface area contributed by atoms with E-state index in [1.807, 2.05) is 0 Å². The first-order chi connectivity index (χ1) is 10.3. The van der Waals surface area contributed by atoms with Gasteiger partial charge < -0.3 is 4.90 Å². The van der Waals surface area contributed by atoms with Crippen LogP contribution in [0.25, 0.3) is 0 Å². The van der Waals surface area contributed by atoms with Crippen LogP contribution < -0.4 is 0 Å². The average Bonchev–Trinajstić information content (AvgIpc) is 3.16. The predicted octanol–water partition coefficient (Wildman–Crippen LogP) is 3.24. The summed E-state index contributed by atoms with van der Waals surface area (Å²) < 4.78 is 0. The second-order valence-electron chi connectivity index (χ2n) is 7.60. The van der Waals surface area contributed by atoms with E-state index in [2.05, 4.69) is 47.2 Å². The number of hydrogen-bond donors (Lipinski definition) is 0. The molecular formula is C19H28N2. The summed E-state index contributed by atoms with van der Waals surface area (Å²) in [6, 6.07) is 11.9. The van der Waals surface area contributed by atoms with Gasteiger partial charge in [0.05, 0.1) is 0 Å². The molecule has 0 radical (unpaired) electrons. The molecule has 3 fully saturated rings. The monoisotopic (exact) mass is 284 g/mol. The van der Waals surface area contributed by atoms with Gasteiger partial charge in [0.2, 0.25) is 0 Å². The van der Waals surface area contributed by atoms with E-state index in [4.69, 9.17) is 0 Å². The molecule has 0 spiro atoms. The molecule has 2 saturated heterocycles. The van der Waals surface area contributed by atoms with E-state index in [9.17, 15) is 0 Å². The lowest BCUT2D eigenvalue weighted by Crippen LogP contribution is -2.40. The van der Waals surface area contributed by atoms with Gasteiger partial charge >= 0.3 is 0 Å². The SMILES string of the molecule is CN1C[C@@H]2CN(Cc3ccccc3)[C@H](C3CCCC3)[C@H]2C1. The van der Waals surface area contributed by atoms with Crippen LogP contribution in [0.4, 0.5) is 0 Å². The summed E-state index contributed by atoms with van der Waals surface area (Å²) >= 11 is 0. The minimum absolute atomic E-state index is 0.850. The molecular weight excluding hydrogens is 256 g/mol. The first-order valence-corrected chi connectivity index (χ1v) is 8.78. The second kappa shape index (κ2) is 5.73. The van der Waals surface area contributed by atoms with E-state index >= 15 is 0 Å². The summed E-state index contributed by atoms with van der Waals surface area (Å²) in [7, 11) is 2.31. The molecule has 2 heteroatoms. The molecule has 1 aromatic carbocycles. The van der Waals surface area contributed by atoms with Gasteiger partial charge in [-0.25, -0.2) is 0 Å². The molecule has 0 amide bonds. The molecule has 2 heterocycles. The van der Waals surface area contributed by atoms with Crippen LogP contribution in [-0.4, -0.2) is 42.5 Å². The lowest BCUT2D eigenvalue weighted by Gasteiger charge is -2.33. The van der Waals surface area contributed by atoms with Crippen LogP contribution in [0.15, 0.2) is 30.3 Å². The molecule has 114 valence electrons. The summed E-state index contributed by atoms with van der Waals surface area (Å²) in [5.41, 5.74) is 1.49. The van der Waals surface area contributed by atoms with E-state index in [0.717, 1.165) is 23.8 Å². The summed E-state index contributed by atoms with van der Waals surface area (Å²) in [6.07, 6.45) is 5.88. The van der Waals surface area contributed by atoms with Crippen molar-refractivity contribution in [1.82, 2.24) is 9.80 Å². The Morgan fingerprint density at radius 2 is 1.71 bits per heavy atom. The molecule has 4 rings (SSSR count). The van der Waals surface area contributed by atoms with Crippen LogP contribution in [0.2, 0.25) is 0 Å². The number of rotatable bonds is 3. The van der Waals surface area contributed by atoms with Gasteiger partial charge in [0, 0.05) is 32.2 Å². The Morgan fingerprint density at radius 3 is 2.48 bits per heavy atom. The highest BCUT2D eigenvalue weighted by atomic mass is 15.3. The fraction of sp³-hybridized carbons (Fsp3) is 0.684. The van der Waals surface area contributed by atoms with E-state index in [1.165, 1.54) is 57.4 Å². The van der Waals surface area contributed by atoms with Gasteiger partial charge in [0.15, 0.2) is 0 Å². The lowest BCUT2D eigenvalue weighted by atomic mass is 9.85. The maximum atomic E-state index is 2.84. The normalized spacial score (nSPS) is 34.6. The molecule has 21 heavy (non-hydrogen) atoms. The molecule has 3 aliphatic rings. The first kappa shape index (κ1) is 13.8. The number of benzene rings is 1. The fourth-order valence-electron chi connectivity index (χ4n) is 5.33. The largest absolute Gasteiger partial charge is 0.306 e. The van der Waals surface area contributed by atoms with Crippen molar-refractivity contribution in [3.8, 4) is 0 Å². The van der Waals surface area contributed by atoms with Crippen molar-refractivity contribution in [2.45, 2.75) is 38.3 Å². The first-order valence-electron chi connectivity index (χ1n) is 8.78. The Bertz CT molecular complexity index is 466. The zero-order chi connectivity index (χ0) is 14.2. The summed E-state index contributed by atoms with van der Waals surface area (Å²) in [5, 5.41) is 0. The van der Waals surface area contributed by atoms with Crippen molar-refractivity contribution in [2.75, 3.05) is 26.7 Å². The van der Waals surface area contributed by atoms with E-state index in [0.29, 0.717) is 0 Å². The van der Waals surface area contributed by atoms with Gasteiger partial charge in [0.1, 0.15) is 0 Å². The Hall–Kier alpha value is -0.860. The number of nitrogens with zero attached hydrogens (tertiary/aromatic N) is 2. The highest BCUT2D eigenvalue weighted by molar-refractivity contribution is 5.16. The topological polar surface area (TPSA) is 6.48 Å². The van der Waals surface area contributed by atoms with Crippen LogP contribution in [0.5, 0.6) is 0 Å². The maximum absolute atomic E-state index is 2.84. The minimum atomic E-state index is 0.850. The van der Waals surface area contributed by atoms with Crippen LogP contribution in [0.1, 0.15) is 31.2 Å². The lowest BCUT2D eigenvalue weighted by molar-refractivity contribution is 0.142. The number of fused-ring (bicyclic) bond motifs is 1. The Balaban J connectivity index is 1.54. The Labute approximate surface area is 129 Å². The Morgan fingerprint density at radius 1 is 0.952 bits per heavy atom. The molecule has 1 aliphatic carbocycles. The molecule has 0 aromatic heterocycles. The number of hydrogen-bond acceptors (Lipinski definition) is 2. The van der Waals surface area contributed by atoms with Crippen molar-refractivity contribution in [1.29, 1.82) is 0 Å². The third kappa shape index (κ3) is 2.64. The molecule has 1 saturated carbocycles. The highest BCUT2D eigenvalue weighted by Gasteiger charge is 2.48. The second-order valence-corrected chi connectivity index (χ2v) is 7.60. The van der Waals surface area contributed by atoms with Crippen LogP contribution >= 0.6 is 0 Å². The third-order valence-electron chi connectivity index (χ3n) is 6.11. The van der Waals surface area contributed by atoms with Crippen LogP contribution in [0, 0.1) is 17.8 Å². The van der Waals surface area contributed by atoms with Gasteiger partial charge in [-0.1, -0.05) is 43.2 Å². The zero-order valence-corrected chi connectivity index (χ0v) is 13.2. The van der Waals surface area contributed by atoms with Gasteiger partial charge in [-0.2, -0.15) is 0 Å². The molecule has 3 atom stereocenters. The van der Waals surface area contributed by atoms with E-state index < -0.39 is 0 Å². The smallest absolute Gasteiger partial charge is 0.0237 e. The molecule has 0 N–H and O–H groups in total. The third-order valence-corrected chi connectivity index (χ3v) is 6.11. The molecule has 2 aliphatic heterocycles.